The summed E-state index contributed by atoms with van der Waals surface area (Å²) in [6.07, 6.45) is 2.71. The number of urea groups is 1. The van der Waals surface area contributed by atoms with Gasteiger partial charge in [-0.3, -0.25) is 4.98 Å². The Kier molecular flexibility index (Phi) is 6.43. The Bertz CT molecular complexity index is 935. The molecule has 0 bridgehead atoms. The molecular weight excluding hydrogens is 346 g/mol. The number of hydrogen-bond donors (Lipinski definition) is 2. The number of nitrogens with one attached hydrogen (secondary N) is 2. The lowest BCUT2D eigenvalue weighted by molar-refractivity contribution is 0.252. The summed E-state index contributed by atoms with van der Waals surface area (Å²) in [5.41, 5.74) is 6.62. The maximum atomic E-state index is 12.2. The fraction of sp³-hybridized carbons (Fsp3) is 0.250. The van der Waals surface area contributed by atoms with Gasteiger partial charge in [-0.1, -0.05) is 43.3 Å². The number of aromatic nitrogens is 1. The second-order valence-corrected chi connectivity index (χ2v) is 7.19. The van der Waals surface area contributed by atoms with E-state index in [1.807, 2.05) is 49.5 Å². The minimum atomic E-state index is -0.176. The average Bonchev–Trinajstić information content (AvgIpc) is 2.69. The number of hydrogen-bond acceptors (Lipinski definition) is 2. The van der Waals surface area contributed by atoms with Crippen LogP contribution < -0.4 is 10.6 Å². The van der Waals surface area contributed by atoms with Gasteiger partial charge < -0.3 is 10.6 Å². The summed E-state index contributed by atoms with van der Waals surface area (Å²) in [6, 6.07) is 20.1. The van der Waals surface area contributed by atoms with Crippen molar-refractivity contribution in [3.05, 3.63) is 83.7 Å². The number of nitrogens with zero attached hydrogens (tertiary/aromatic N) is 1. The SMILES string of the molecule is Cc1cc(-c2ccc(NC(=O)NCCC(C)c3ccccc3C)cc2)ccn1. The third kappa shape index (κ3) is 5.19. The van der Waals surface area contributed by atoms with Crippen molar-refractivity contribution in [2.75, 3.05) is 11.9 Å². The summed E-state index contributed by atoms with van der Waals surface area (Å²) in [5.74, 6) is 0.407. The van der Waals surface area contributed by atoms with E-state index in [9.17, 15) is 4.79 Å². The molecule has 1 aromatic heterocycles. The summed E-state index contributed by atoms with van der Waals surface area (Å²) in [7, 11) is 0. The highest BCUT2D eigenvalue weighted by Gasteiger charge is 2.09. The van der Waals surface area contributed by atoms with Gasteiger partial charge in [0.25, 0.3) is 0 Å². The zero-order chi connectivity index (χ0) is 19.9. The van der Waals surface area contributed by atoms with Crippen LogP contribution in [-0.4, -0.2) is 17.6 Å². The molecule has 1 heterocycles. The van der Waals surface area contributed by atoms with Crippen LogP contribution in [0.15, 0.2) is 66.9 Å². The largest absolute Gasteiger partial charge is 0.338 e. The number of carbonyl (C=O) groups is 1. The zero-order valence-corrected chi connectivity index (χ0v) is 16.7. The van der Waals surface area contributed by atoms with Gasteiger partial charge in [-0.05, 0) is 72.7 Å². The molecular formula is C24H27N3O. The van der Waals surface area contributed by atoms with Gasteiger partial charge in [0.1, 0.15) is 0 Å². The van der Waals surface area contributed by atoms with Crippen molar-refractivity contribution in [2.45, 2.75) is 33.1 Å². The Labute approximate surface area is 167 Å². The predicted octanol–water partition coefficient (Wildman–Crippen LogP) is 5.68. The Balaban J connectivity index is 1.49. The summed E-state index contributed by atoms with van der Waals surface area (Å²) in [5, 5.41) is 5.84. The average molecular weight is 374 g/mol. The number of rotatable bonds is 6. The number of aryl methyl sites for hydroxylation is 2. The van der Waals surface area contributed by atoms with Crippen LogP contribution in [0.2, 0.25) is 0 Å². The first-order valence-corrected chi connectivity index (χ1v) is 9.66. The van der Waals surface area contributed by atoms with Crippen LogP contribution in [0, 0.1) is 13.8 Å². The molecule has 0 spiro atoms. The molecule has 0 saturated heterocycles. The highest BCUT2D eigenvalue weighted by molar-refractivity contribution is 5.89. The summed E-state index contributed by atoms with van der Waals surface area (Å²) in [6.45, 7) is 6.93. The zero-order valence-electron chi connectivity index (χ0n) is 16.7. The number of amides is 2. The fourth-order valence-corrected chi connectivity index (χ4v) is 3.34. The first-order valence-electron chi connectivity index (χ1n) is 9.66. The minimum absolute atomic E-state index is 0.176. The van der Waals surface area contributed by atoms with Gasteiger partial charge in [0, 0.05) is 24.1 Å². The number of pyridine rings is 1. The summed E-state index contributed by atoms with van der Waals surface area (Å²) >= 11 is 0. The van der Waals surface area contributed by atoms with E-state index < -0.39 is 0 Å². The molecule has 28 heavy (non-hydrogen) atoms. The van der Waals surface area contributed by atoms with E-state index in [-0.39, 0.29) is 6.03 Å². The van der Waals surface area contributed by atoms with Crippen LogP contribution >= 0.6 is 0 Å². The lowest BCUT2D eigenvalue weighted by atomic mass is 9.94. The lowest BCUT2D eigenvalue weighted by Crippen LogP contribution is -2.30. The van der Waals surface area contributed by atoms with Crippen LogP contribution in [0.1, 0.15) is 36.1 Å². The molecule has 2 N–H and O–H groups in total. The quantitative estimate of drug-likeness (QED) is 0.584. The Morgan fingerprint density at radius 1 is 1.00 bits per heavy atom. The second kappa shape index (κ2) is 9.18. The molecule has 2 amide bonds. The normalized spacial score (nSPS) is 11.7. The van der Waals surface area contributed by atoms with E-state index in [4.69, 9.17) is 0 Å². The highest BCUT2D eigenvalue weighted by Crippen LogP contribution is 2.22. The molecule has 2 aromatic carbocycles. The minimum Gasteiger partial charge on any atom is -0.338 e. The number of anilines is 1. The van der Waals surface area contributed by atoms with Crippen molar-refractivity contribution in [1.29, 1.82) is 0 Å². The van der Waals surface area contributed by atoms with E-state index in [2.05, 4.69) is 53.7 Å². The van der Waals surface area contributed by atoms with Crippen LogP contribution in [-0.2, 0) is 0 Å². The lowest BCUT2D eigenvalue weighted by Gasteiger charge is -2.15. The van der Waals surface area contributed by atoms with Gasteiger partial charge in [0.05, 0.1) is 0 Å². The van der Waals surface area contributed by atoms with Gasteiger partial charge in [-0.25, -0.2) is 4.79 Å². The molecule has 3 aromatic rings. The fourth-order valence-electron chi connectivity index (χ4n) is 3.34. The van der Waals surface area contributed by atoms with Crippen LogP contribution in [0.25, 0.3) is 11.1 Å². The second-order valence-electron chi connectivity index (χ2n) is 7.19. The van der Waals surface area contributed by atoms with Gasteiger partial charge in [-0.2, -0.15) is 0 Å². The third-order valence-corrected chi connectivity index (χ3v) is 4.96. The van der Waals surface area contributed by atoms with E-state index in [1.165, 1.54) is 11.1 Å². The van der Waals surface area contributed by atoms with E-state index >= 15 is 0 Å². The summed E-state index contributed by atoms with van der Waals surface area (Å²) in [4.78, 5) is 16.4. The van der Waals surface area contributed by atoms with Gasteiger partial charge in [-0.15, -0.1) is 0 Å². The highest BCUT2D eigenvalue weighted by atomic mass is 16.2. The molecule has 0 aliphatic heterocycles. The molecule has 0 fully saturated rings. The van der Waals surface area contributed by atoms with E-state index in [0.717, 1.165) is 28.9 Å². The molecule has 0 radical (unpaired) electrons. The van der Waals surface area contributed by atoms with Gasteiger partial charge >= 0.3 is 6.03 Å². The van der Waals surface area contributed by atoms with Crippen molar-refractivity contribution in [3.8, 4) is 11.1 Å². The van der Waals surface area contributed by atoms with Gasteiger partial charge in [0.15, 0.2) is 0 Å². The number of carbonyl (C=O) groups excluding carboxylic acids is 1. The monoisotopic (exact) mass is 373 g/mol. The van der Waals surface area contributed by atoms with Crippen molar-refractivity contribution in [2.24, 2.45) is 0 Å². The molecule has 1 atom stereocenters. The number of benzene rings is 2. The molecule has 144 valence electrons. The molecule has 0 aliphatic carbocycles. The van der Waals surface area contributed by atoms with Crippen LogP contribution in [0.5, 0.6) is 0 Å². The topological polar surface area (TPSA) is 54.0 Å². The molecule has 0 saturated carbocycles. The molecule has 3 rings (SSSR count). The maximum Gasteiger partial charge on any atom is 0.319 e. The standard InChI is InChI=1S/C24H27N3O/c1-17-6-4-5-7-23(17)18(2)12-14-26-24(28)27-22-10-8-20(9-11-22)21-13-15-25-19(3)16-21/h4-11,13,15-16,18H,12,14H2,1-3H3,(H2,26,27,28). The first-order chi connectivity index (χ1) is 13.5. The summed E-state index contributed by atoms with van der Waals surface area (Å²) < 4.78 is 0. The first kappa shape index (κ1) is 19.6. The Morgan fingerprint density at radius 2 is 1.75 bits per heavy atom. The molecule has 1 unspecified atom stereocenters. The van der Waals surface area contributed by atoms with Crippen molar-refractivity contribution < 1.29 is 4.79 Å². The Hall–Kier alpha value is -3.14. The van der Waals surface area contributed by atoms with Gasteiger partial charge in [0.2, 0.25) is 0 Å². The van der Waals surface area contributed by atoms with Crippen LogP contribution in [0.3, 0.4) is 0 Å². The maximum absolute atomic E-state index is 12.2. The van der Waals surface area contributed by atoms with E-state index in [1.54, 1.807) is 0 Å². The molecule has 4 nitrogen and oxygen atoms in total. The van der Waals surface area contributed by atoms with Crippen molar-refractivity contribution >= 4 is 11.7 Å². The van der Waals surface area contributed by atoms with E-state index in [0.29, 0.717) is 12.5 Å². The third-order valence-electron chi connectivity index (χ3n) is 4.96. The Morgan fingerprint density at radius 3 is 2.46 bits per heavy atom. The van der Waals surface area contributed by atoms with Crippen molar-refractivity contribution in [3.63, 3.8) is 0 Å². The van der Waals surface area contributed by atoms with Crippen LogP contribution in [0.4, 0.5) is 10.5 Å². The molecule has 4 heteroatoms. The molecule has 0 aliphatic rings. The smallest absolute Gasteiger partial charge is 0.319 e. The van der Waals surface area contributed by atoms with Crippen molar-refractivity contribution in [1.82, 2.24) is 10.3 Å². The predicted molar refractivity (Wildman–Crippen MR) is 116 cm³/mol.